The summed E-state index contributed by atoms with van der Waals surface area (Å²) in [6.45, 7) is 2.88. The highest BCUT2D eigenvalue weighted by Crippen LogP contribution is 2.33. The number of nitrogens with two attached hydrogens (primary N) is 1. The molecule has 0 radical (unpaired) electrons. The molecular formula is C16H21N5. The van der Waals surface area contributed by atoms with Gasteiger partial charge in [-0.15, -0.1) is 10.2 Å². The van der Waals surface area contributed by atoms with Crippen LogP contribution in [0.25, 0.3) is 0 Å². The lowest BCUT2D eigenvalue weighted by Gasteiger charge is -2.34. The van der Waals surface area contributed by atoms with Crippen LogP contribution in [0.1, 0.15) is 42.5 Å². The molecule has 4 rings (SSSR count). The summed E-state index contributed by atoms with van der Waals surface area (Å²) >= 11 is 0. The van der Waals surface area contributed by atoms with Crippen molar-refractivity contribution in [3.63, 3.8) is 0 Å². The average Bonchev–Trinajstić information content (AvgIpc) is 2.94. The SMILES string of the molecule is NC1CCN(Cc2nnc3n2CCCC3)c2ccccc21. The van der Waals surface area contributed by atoms with Crippen LogP contribution in [0.15, 0.2) is 24.3 Å². The molecule has 5 nitrogen and oxygen atoms in total. The highest BCUT2D eigenvalue weighted by atomic mass is 15.3. The Bertz CT molecular complexity index is 648. The molecule has 0 bridgehead atoms. The van der Waals surface area contributed by atoms with Gasteiger partial charge in [-0.3, -0.25) is 0 Å². The van der Waals surface area contributed by atoms with E-state index in [1.165, 1.54) is 24.1 Å². The van der Waals surface area contributed by atoms with E-state index >= 15 is 0 Å². The van der Waals surface area contributed by atoms with Crippen molar-refractivity contribution < 1.29 is 0 Å². The van der Waals surface area contributed by atoms with Crippen LogP contribution in [-0.4, -0.2) is 21.3 Å². The van der Waals surface area contributed by atoms with E-state index in [1.807, 2.05) is 0 Å². The molecule has 1 atom stereocenters. The third-order valence-electron chi connectivity index (χ3n) is 4.66. The first-order valence-electron chi connectivity index (χ1n) is 7.83. The molecule has 2 aromatic rings. The molecule has 0 aliphatic carbocycles. The Morgan fingerprint density at radius 3 is 3.00 bits per heavy atom. The van der Waals surface area contributed by atoms with E-state index in [4.69, 9.17) is 5.73 Å². The first-order valence-corrected chi connectivity index (χ1v) is 7.83. The largest absolute Gasteiger partial charge is 0.364 e. The van der Waals surface area contributed by atoms with E-state index in [9.17, 15) is 0 Å². The van der Waals surface area contributed by atoms with Crippen molar-refractivity contribution in [1.82, 2.24) is 14.8 Å². The standard InChI is InChI=1S/C16H21N5/c17-13-8-10-20(14-6-2-1-5-12(13)14)11-16-19-18-15-7-3-4-9-21(15)16/h1-2,5-6,13H,3-4,7-11,17H2. The van der Waals surface area contributed by atoms with Gasteiger partial charge in [0.25, 0.3) is 0 Å². The highest BCUT2D eigenvalue weighted by Gasteiger charge is 2.24. The van der Waals surface area contributed by atoms with Gasteiger partial charge >= 0.3 is 0 Å². The highest BCUT2D eigenvalue weighted by molar-refractivity contribution is 5.56. The van der Waals surface area contributed by atoms with Gasteiger partial charge in [0.1, 0.15) is 5.82 Å². The van der Waals surface area contributed by atoms with Gasteiger partial charge in [0.05, 0.1) is 6.54 Å². The van der Waals surface area contributed by atoms with Crippen molar-refractivity contribution in [2.24, 2.45) is 5.73 Å². The van der Waals surface area contributed by atoms with Crippen LogP contribution < -0.4 is 10.6 Å². The third kappa shape index (κ3) is 2.21. The van der Waals surface area contributed by atoms with E-state index in [-0.39, 0.29) is 6.04 Å². The van der Waals surface area contributed by atoms with E-state index in [0.29, 0.717) is 0 Å². The quantitative estimate of drug-likeness (QED) is 0.916. The zero-order valence-corrected chi connectivity index (χ0v) is 12.2. The number of nitrogens with zero attached hydrogens (tertiary/aromatic N) is 4. The van der Waals surface area contributed by atoms with Gasteiger partial charge in [0.15, 0.2) is 5.82 Å². The summed E-state index contributed by atoms with van der Waals surface area (Å²) in [5.41, 5.74) is 8.74. The van der Waals surface area contributed by atoms with Gasteiger partial charge in [-0.2, -0.15) is 0 Å². The summed E-state index contributed by atoms with van der Waals surface area (Å²) in [5.74, 6) is 2.24. The van der Waals surface area contributed by atoms with Crippen LogP contribution in [0.2, 0.25) is 0 Å². The zero-order valence-electron chi connectivity index (χ0n) is 12.2. The Morgan fingerprint density at radius 1 is 1.14 bits per heavy atom. The Labute approximate surface area is 124 Å². The van der Waals surface area contributed by atoms with Crippen LogP contribution >= 0.6 is 0 Å². The van der Waals surface area contributed by atoms with Crippen LogP contribution in [-0.2, 0) is 19.5 Å². The number of para-hydroxylation sites is 1. The van der Waals surface area contributed by atoms with Crippen molar-refractivity contribution >= 4 is 5.69 Å². The molecule has 1 aromatic heterocycles. The van der Waals surface area contributed by atoms with Crippen molar-refractivity contribution in [1.29, 1.82) is 0 Å². The molecule has 0 amide bonds. The molecule has 1 aromatic carbocycles. The lowest BCUT2D eigenvalue weighted by atomic mass is 9.97. The predicted molar refractivity (Wildman–Crippen MR) is 82.0 cm³/mol. The molecule has 110 valence electrons. The van der Waals surface area contributed by atoms with Gasteiger partial charge in [0, 0.05) is 31.2 Å². The number of hydrogen-bond donors (Lipinski definition) is 1. The molecule has 2 aliphatic heterocycles. The molecule has 2 N–H and O–H groups in total. The number of fused-ring (bicyclic) bond motifs is 2. The maximum atomic E-state index is 6.23. The number of benzene rings is 1. The Morgan fingerprint density at radius 2 is 2.05 bits per heavy atom. The van der Waals surface area contributed by atoms with Gasteiger partial charge in [-0.05, 0) is 30.9 Å². The first kappa shape index (κ1) is 12.8. The first-order chi connectivity index (χ1) is 10.3. The third-order valence-corrected chi connectivity index (χ3v) is 4.66. The minimum absolute atomic E-state index is 0.157. The summed E-state index contributed by atoms with van der Waals surface area (Å²) in [6.07, 6.45) is 4.53. The molecule has 2 aliphatic rings. The number of anilines is 1. The van der Waals surface area contributed by atoms with Crippen molar-refractivity contribution in [2.45, 2.75) is 44.8 Å². The molecule has 3 heterocycles. The van der Waals surface area contributed by atoms with Crippen molar-refractivity contribution in [3.8, 4) is 0 Å². The molecular weight excluding hydrogens is 262 g/mol. The van der Waals surface area contributed by atoms with E-state index < -0.39 is 0 Å². The second-order valence-electron chi connectivity index (χ2n) is 6.02. The van der Waals surface area contributed by atoms with Gasteiger partial charge in [0.2, 0.25) is 0 Å². The number of aromatic nitrogens is 3. The van der Waals surface area contributed by atoms with E-state index in [1.54, 1.807) is 0 Å². The summed E-state index contributed by atoms with van der Waals surface area (Å²) in [4.78, 5) is 2.39. The average molecular weight is 283 g/mol. The zero-order chi connectivity index (χ0) is 14.2. The maximum Gasteiger partial charge on any atom is 0.152 e. The molecule has 21 heavy (non-hydrogen) atoms. The summed E-state index contributed by atoms with van der Waals surface area (Å²) in [5, 5.41) is 8.78. The fourth-order valence-electron chi connectivity index (χ4n) is 3.48. The normalized spacial score (nSPS) is 21.0. The van der Waals surface area contributed by atoms with Crippen LogP contribution in [0.3, 0.4) is 0 Å². The Balaban J connectivity index is 1.63. The smallest absolute Gasteiger partial charge is 0.152 e. The molecule has 0 fully saturated rings. The fourth-order valence-corrected chi connectivity index (χ4v) is 3.48. The monoisotopic (exact) mass is 283 g/mol. The fraction of sp³-hybridized carbons (Fsp3) is 0.500. The second kappa shape index (κ2) is 5.15. The lowest BCUT2D eigenvalue weighted by molar-refractivity contribution is 0.500. The predicted octanol–water partition coefficient (Wildman–Crippen LogP) is 2.02. The van der Waals surface area contributed by atoms with Crippen molar-refractivity contribution in [3.05, 3.63) is 41.5 Å². The minimum Gasteiger partial charge on any atom is -0.364 e. The lowest BCUT2D eigenvalue weighted by Crippen LogP contribution is -2.34. The van der Waals surface area contributed by atoms with E-state index in [2.05, 4.69) is 43.9 Å². The summed E-state index contributed by atoms with van der Waals surface area (Å²) in [7, 11) is 0. The molecule has 0 spiro atoms. The van der Waals surface area contributed by atoms with Crippen LogP contribution in [0.4, 0.5) is 5.69 Å². The van der Waals surface area contributed by atoms with E-state index in [0.717, 1.165) is 44.1 Å². The Kier molecular flexibility index (Phi) is 3.15. The topological polar surface area (TPSA) is 60.0 Å². The maximum absolute atomic E-state index is 6.23. The van der Waals surface area contributed by atoms with Gasteiger partial charge < -0.3 is 15.2 Å². The summed E-state index contributed by atoms with van der Waals surface area (Å²) < 4.78 is 2.31. The minimum atomic E-state index is 0.157. The number of hydrogen-bond acceptors (Lipinski definition) is 4. The van der Waals surface area contributed by atoms with Crippen LogP contribution in [0.5, 0.6) is 0 Å². The number of aryl methyl sites for hydroxylation is 1. The molecule has 0 saturated carbocycles. The summed E-state index contributed by atoms with van der Waals surface area (Å²) in [6, 6.07) is 8.63. The second-order valence-corrected chi connectivity index (χ2v) is 6.02. The molecule has 1 unspecified atom stereocenters. The molecule has 0 saturated heterocycles. The number of rotatable bonds is 2. The van der Waals surface area contributed by atoms with Crippen molar-refractivity contribution in [2.75, 3.05) is 11.4 Å². The van der Waals surface area contributed by atoms with Gasteiger partial charge in [-0.1, -0.05) is 18.2 Å². The van der Waals surface area contributed by atoms with Crippen LogP contribution in [0, 0.1) is 0 Å². The van der Waals surface area contributed by atoms with Gasteiger partial charge in [-0.25, -0.2) is 0 Å². The molecule has 5 heteroatoms. The Hall–Kier alpha value is -1.88.